The van der Waals surface area contributed by atoms with Crippen molar-refractivity contribution in [1.82, 2.24) is 15.1 Å². The molecule has 5 nitrogen and oxygen atoms in total. The lowest BCUT2D eigenvalue weighted by Crippen LogP contribution is -2.52. The van der Waals surface area contributed by atoms with Gasteiger partial charge in [0, 0.05) is 18.6 Å². The van der Waals surface area contributed by atoms with E-state index in [1.807, 2.05) is 6.07 Å². The molecular formula is C25H41N3O2S. The maximum Gasteiger partial charge on any atom is 0.169 e. The molecule has 0 spiro atoms. The number of hydrogen-bond acceptors (Lipinski definition) is 4. The lowest BCUT2D eigenvalue weighted by molar-refractivity contribution is 0.174. The number of ether oxygens (including phenoxy) is 2. The minimum Gasteiger partial charge on any atom is -0.493 e. The van der Waals surface area contributed by atoms with Crippen molar-refractivity contribution < 1.29 is 9.47 Å². The van der Waals surface area contributed by atoms with E-state index in [4.69, 9.17) is 21.7 Å². The van der Waals surface area contributed by atoms with Gasteiger partial charge in [-0.15, -0.1) is 0 Å². The summed E-state index contributed by atoms with van der Waals surface area (Å²) in [5.74, 6) is 1.57. The van der Waals surface area contributed by atoms with Crippen molar-refractivity contribution in [3.63, 3.8) is 0 Å². The van der Waals surface area contributed by atoms with Crippen LogP contribution in [0.25, 0.3) is 0 Å². The number of nitrogens with one attached hydrogen (secondary N) is 1. The molecule has 3 rings (SSSR count). The molecule has 1 heterocycles. The summed E-state index contributed by atoms with van der Waals surface area (Å²) < 4.78 is 10.9. The molecule has 1 aromatic rings. The summed E-state index contributed by atoms with van der Waals surface area (Å²) in [6.07, 6.45) is 12.5. The lowest BCUT2D eigenvalue weighted by atomic mass is 9.97. The number of likely N-dealkylation sites (tertiary alicyclic amines) is 1. The zero-order valence-electron chi connectivity index (χ0n) is 19.7. The highest BCUT2D eigenvalue weighted by Crippen LogP contribution is 2.28. The molecular weight excluding hydrogens is 406 g/mol. The molecule has 2 fully saturated rings. The van der Waals surface area contributed by atoms with Crippen LogP contribution in [0.1, 0.15) is 63.4 Å². The zero-order chi connectivity index (χ0) is 22.1. The molecule has 0 radical (unpaired) electrons. The van der Waals surface area contributed by atoms with E-state index < -0.39 is 0 Å². The average Bonchev–Trinajstić information content (AvgIpc) is 2.76. The van der Waals surface area contributed by atoms with Crippen LogP contribution in [0.5, 0.6) is 11.5 Å². The number of methoxy groups -OCH3 is 2. The second kappa shape index (κ2) is 12.5. The normalized spacial score (nSPS) is 19.3. The maximum atomic E-state index is 6.00. The summed E-state index contributed by atoms with van der Waals surface area (Å²) in [7, 11) is 5.59. The third-order valence-corrected chi connectivity index (χ3v) is 7.26. The minimum atomic E-state index is 0.518. The van der Waals surface area contributed by atoms with Gasteiger partial charge in [0.2, 0.25) is 0 Å². The summed E-state index contributed by atoms with van der Waals surface area (Å²) in [6, 6.07) is 7.28. The molecule has 0 unspecified atom stereocenters. The van der Waals surface area contributed by atoms with E-state index in [1.165, 1.54) is 63.4 Å². The van der Waals surface area contributed by atoms with Gasteiger partial charge in [-0.2, -0.15) is 0 Å². The van der Waals surface area contributed by atoms with E-state index in [-0.39, 0.29) is 0 Å². The molecule has 0 atom stereocenters. The van der Waals surface area contributed by atoms with Crippen molar-refractivity contribution in [2.75, 3.05) is 40.9 Å². The van der Waals surface area contributed by atoms with Crippen LogP contribution < -0.4 is 14.8 Å². The Balaban J connectivity index is 1.66. The number of nitrogens with zero attached hydrogens (tertiary/aromatic N) is 2. The SMILES string of the molecule is COc1ccc(CCN(C(=S)NC2CCCCCCC2)C2CCN(C)CC2)cc1OC. The van der Waals surface area contributed by atoms with Crippen molar-refractivity contribution in [2.45, 2.75) is 76.3 Å². The third kappa shape index (κ3) is 7.25. The fourth-order valence-corrected chi connectivity index (χ4v) is 5.31. The lowest BCUT2D eigenvalue weighted by Gasteiger charge is -2.40. The summed E-state index contributed by atoms with van der Waals surface area (Å²) in [6.45, 7) is 3.22. The van der Waals surface area contributed by atoms with Gasteiger partial charge in [-0.05, 0) is 82.2 Å². The Labute approximate surface area is 194 Å². The smallest absolute Gasteiger partial charge is 0.169 e. The minimum absolute atomic E-state index is 0.518. The molecule has 6 heteroatoms. The average molecular weight is 448 g/mol. The third-order valence-electron chi connectivity index (χ3n) is 6.91. The molecule has 2 aliphatic rings. The van der Waals surface area contributed by atoms with E-state index in [0.29, 0.717) is 12.1 Å². The largest absolute Gasteiger partial charge is 0.493 e. The first kappa shape index (κ1) is 24.1. The topological polar surface area (TPSA) is 37.0 Å². The summed E-state index contributed by atoms with van der Waals surface area (Å²) in [5, 5.41) is 4.73. The van der Waals surface area contributed by atoms with Gasteiger partial charge in [-0.1, -0.05) is 38.2 Å². The van der Waals surface area contributed by atoms with E-state index in [0.717, 1.165) is 42.7 Å². The zero-order valence-corrected chi connectivity index (χ0v) is 20.5. The van der Waals surface area contributed by atoms with Gasteiger partial charge in [0.25, 0.3) is 0 Å². The van der Waals surface area contributed by atoms with Crippen molar-refractivity contribution >= 4 is 17.3 Å². The molecule has 1 aromatic carbocycles. The molecule has 1 aliphatic carbocycles. The first-order chi connectivity index (χ1) is 15.1. The van der Waals surface area contributed by atoms with Gasteiger partial charge in [-0.3, -0.25) is 0 Å². The van der Waals surface area contributed by atoms with Crippen LogP contribution in [0.2, 0.25) is 0 Å². The fraction of sp³-hybridized carbons (Fsp3) is 0.720. The Bertz CT molecular complexity index is 683. The first-order valence-corrected chi connectivity index (χ1v) is 12.5. The van der Waals surface area contributed by atoms with Gasteiger partial charge in [0.1, 0.15) is 0 Å². The van der Waals surface area contributed by atoms with Crippen molar-refractivity contribution in [2.24, 2.45) is 0 Å². The monoisotopic (exact) mass is 447 g/mol. The van der Waals surface area contributed by atoms with E-state index in [9.17, 15) is 0 Å². The fourth-order valence-electron chi connectivity index (χ4n) is 4.90. The van der Waals surface area contributed by atoms with Crippen LogP contribution in [0.3, 0.4) is 0 Å². The Kier molecular flexibility index (Phi) is 9.72. The highest BCUT2D eigenvalue weighted by Gasteiger charge is 2.26. The molecule has 1 N–H and O–H groups in total. The number of piperidine rings is 1. The summed E-state index contributed by atoms with van der Waals surface area (Å²) in [5.41, 5.74) is 1.25. The van der Waals surface area contributed by atoms with Crippen LogP contribution in [0.15, 0.2) is 18.2 Å². The highest BCUT2D eigenvalue weighted by atomic mass is 32.1. The Morgan fingerprint density at radius 1 is 1.00 bits per heavy atom. The molecule has 1 aliphatic heterocycles. The van der Waals surface area contributed by atoms with Crippen LogP contribution in [-0.2, 0) is 6.42 Å². The van der Waals surface area contributed by atoms with Gasteiger partial charge in [0.15, 0.2) is 16.6 Å². The van der Waals surface area contributed by atoms with Crippen molar-refractivity contribution in [3.05, 3.63) is 23.8 Å². The number of hydrogen-bond donors (Lipinski definition) is 1. The van der Waals surface area contributed by atoms with Crippen LogP contribution in [0, 0.1) is 0 Å². The predicted octanol–water partition coefficient (Wildman–Crippen LogP) is 4.63. The van der Waals surface area contributed by atoms with Crippen LogP contribution >= 0.6 is 12.2 Å². The molecule has 0 bridgehead atoms. The Morgan fingerprint density at radius 2 is 1.65 bits per heavy atom. The second-order valence-corrected chi connectivity index (χ2v) is 9.55. The quantitative estimate of drug-likeness (QED) is 0.614. The number of rotatable bonds is 7. The Hall–Kier alpha value is -1.53. The summed E-state index contributed by atoms with van der Waals surface area (Å²) >= 11 is 6.00. The van der Waals surface area contributed by atoms with Gasteiger partial charge in [-0.25, -0.2) is 0 Å². The Morgan fingerprint density at radius 3 is 2.29 bits per heavy atom. The summed E-state index contributed by atoms with van der Waals surface area (Å²) in [4.78, 5) is 4.91. The van der Waals surface area contributed by atoms with Crippen molar-refractivity contribution in [3.8, 4) is 11.5 Å². The highest BCUT2D eigenvalue weighted by molar-refractivity contribution is 7.80. The predicted molar refractivity (Wildman–Crippen MR) is 132 cm³/mol. The molecule has 0 aromatic heterocycles. The molecule has 0 amide bonds. The molecule has 1 saturated carbocycles. The molecule has 174 valence electrons. The number of thiocarbonyl (C=S) groups is 1. The van der Waals surface area contributed by atoms with Crippen LogP contribution in [0.4, 0.5) is 0 Å². The maximum absolute atomic E-state index is 6.00. The number of benzene rings is 1. The van der Waals surface area contributed by atoms with Crippen molar-refractivity contribution in [1.29, 1.82) is 0 Å². The molecule has 31 heavy (non-hydrogen) atoms. The molecule has 1 saturated heterocycles. The van der Waals surface area contributed by atoms with Gasteiger partial charge >= 0.3 is 0 Å². The first-order valence-electron chi connectivity index (χ1n) is 12.1. The van der Waals surface area contributed by atoms with E-state index in [1.54, 1.807) is 14.2 Å². The van der Waals surface area contributed by atoms with Gasteiger partial charge < -0.3 is 24.6 Å². The second-order valence-electron chi connectivity index (χ2n) is 9.16. The van der Waals surface area contributed by atoms with E-state index in [2.05, 4.69) is 34.3 Å². The standard InChI is InChI=1S/C25H41N3O2S/c1-27-16-14-22(15-17-27)28(25(31)26-21-9-7-5-4-6-8-10-21)18-13-20-11-12-23(29-2)24(19-20)30-3/h11-12,19,21-22H,4-10,13-18H2,1-3H3,(H,26,31). The van der Waals surface area contributed by atoms with Gasteiger partial charge in [0.05, 0.1) is 14.2 Å². The van der Waals surface area contributed by atoms with E-state index >= 15 is 0 Å². The van der Waals surface area contributed by atoms with Crippen LogP contribution in [-0.4, -0.2) is 67.9 Å².